The van der Waals surface area contributed by atoms with Crippen LogP contribution in [0.5, 0.6) is 0 Å². The van der Waals surface area contributed by atoms with Crippen molar-refractivity contribution in [3.63, 3.8) is 0 Å². The van der Waals surface area contributed by atoms with Gasteiger partial charge in [-0.15, -0.1) is 6.58 Å². The third-order valence-electron chi connectivity index (χ3n) is 0.740. The number of carboxylic acid groups (broad SMARTS) is 1. The molecule has 0 unspecified atom stereocenters. The second kappa shape index (κ2) is 7.53. The number of hydrogen-bond donors (Lipinski definition) is 2. The van der Waals surface area contributed by atoms with Crippen LogP contribution in [-0.4, -0.2) is 17.0 Å². The van der Waals surface area contributed by atoms with Crippen LogP contribution in [0.4, 0.5) is 0 Å². The van der Waals surface area contributed by atoms with Gasteiger partial charge in [0.2, 0.25) is 5.91 Å². The van der Waals surface area contributed by atoms with Crippen molar-refractivity contribution in [3.05, 3.63) is 24.8 Å². The van der Waals surface area contributed by atoms with Gasteiger partial charge in [-0.3, -0.25) is 9.59 Å². The van der Waals surface area contributed by atoms with Crippen LogP contribution in [0, 0.1) is 0 Å². The van der Waals surface area contributed by atoms with Gasteiger partial charge < -0.3 is 10.8 Å². The molecule has 3 N–H and O–H groups in total. The summed E-state index contributed by atoms with van der Waals surface area (Å²) in [5.41, 5.74) is 5.09. The zero-order chi connectivity index (χ0) is 10.1. The van der Waals surface area contributed by atoms with Gasteiger partial charge in [-0.25, -0.2) is 0 Å². The summed E-state index contributed by atoms with van der Waals surface area (Å²) in [4.78, 5) is 19.3. The lowest BCUT2D eigenvalue weighted by molar-refractivity contribution is -0.136. The van der Waals surface area contributed by atoms with Gasteiger partial charge in [-0.2, -0.15) is 0 Å². The predicted octanol–water partition coefficient (Wildman–Crippen LogP) is 0.695. The molecule has 4 heteroatoms. The van der Waals surface area contributed by atoms with Crippen molar-refractivity contribution >= 4 is 11.9 Å². The molecular weight excluding hydrogens is 158 g/mol. The Bertz CT molecular complexity index is 184. The van der Waals surface area contributed by atoms with Gasteiger partial charge in [0.15, 0.2) is 0 Å². The molecule has 0 aliphatic rings. The highest BCUT2D eigenvalue weighted by atomic mass is 16.4. The predicted molar refractivity (Wildman–Crippen MR) is 46.5 cm³/mol. The average Bonchev–Trinajstić information content (AvgIpc) is 1.87. The van der Waals surface area contributed by atoms with Crippen molar-refractivity contribution in [1.29, 1.82) is 0 Å². The first-order valence-electron chi connectivity index (χ1n) is 3.19. The number of hydrogen-bond acceptors (Lipinski definition) is 2. The van der Waals surface area contributed by atoms with E-state index >= 15 is 0 Å². The fourth-order valence-corrected chi connectivity index (χ4v) is 0.123. The fourth-order valence-electron chi connectivity index (χ4n) is 0.123. The molecule has 0 aromatic heterocycles. The molecule has 12 heavy (non-hydrogen) atoms. The minimum absolute atomic E-state index is 0.0556. The first kappa shape index (κ1) is 13.0. The highest BCUT2D eigenvalue weighted by Gasteiger charge is 1.86. The van der Waals surface area contributed by atoms with Gasteiger partial charge in [-0.05, 0) is 6.92 Å². The number of carboxylic acids is 1. The zero-order valence-corrected chi connectivity index (χ0v) is 7.04. The Labute approximate surface area is 71.4 Å². The number of amides is 1. The Kier molecular flexibility index (Phi) is 8.18. The van der Waals surface area contributed by atoms with Gasteiger partial charge in [0.25, 0.3) is 0 Å². The molecule has 0 heterocycles. The van der Waals surface area contributed by atoms with E-state index < -0.39 is 11.9 Å². The summed E-state index contributed by atoms with van der Waals surface area (Å²) in [5.74, 6) is -1.26. The van der Waals surface area contributed by atoms with Gasteiger partial charge >= 0.3 is 5.97 Å². The molecular formula is C8H13NO3. The van der Waals surface area contributed by atoms with E-state index in [0.29, 0.717) is 5.57 Å². The summed E-state index contributed by atoms with van der Waals surface area (Å²) >= 11 is 0. The third kappa shape index (κ3) is 15.8. The maximum absolute atomic E-state index is 9.82. The molecule has 0 radical (unpaired) electrons. The minimum Gasteiger partial charge on any atom is -0.481 e. The van der Waals surface area contributed by atoms with E-state index in [1.807, 2.05) is 0 Å². The maximum atomic E-state index is 9.82. The van der Waals surface area contributed by atoms with Gasteiger partial charge in [0.05, 0.1) is 6.42 Å². The molecule has 1 amide bonds. The zero-order valence-electron chi connectivity index (χ0n) is 7.04. The molecule has 0 atom stereocenters. The number of rotatable bonds is 3. The quantitative estimate of drug-likeness (QED) is 0.484. The van der Waals surface area contributed by atoms with Crippen LogP contribution in [0.25, 0.3) is 0 Å². The number of aliphatic carboxylic acids is 1. The molecule has 0 bridgehead atoms. The van der Waals surface area contributed by atoms with E-state index in [2.05, 4.69) is 13.2 Å². The molecule has 0 spiro atoms. The van der Waals surface area contributed by atoms with Crippen LogP contribution in [0.1, 0.15) is 13.3 Å². The van der Waals surface area contributed by atoms with Crippen LogP contribution >= 0.6 is 0 Å². The second-order valence-corrected chi connectivity index (χ2v) is 2.03. The normalized spacial score (nSPS) is 7.42. The molecule has 0 fully saturated rings. The van der Waals surface area contributed by atoms with Crippen molar-refractivity contribution in [2.24, 2.45) is 5.73 Å². The Balaban J connectivity index is 0. The molecule has 68 valence electrons. The van der Waals surface area contributed by atoms with Gasteiger partial charge in [0.1, 0.15) is 0 Å². The first-order chi connectivity index (χ1) is 5.41. The largest absolute Gasteiger partial charge is 0.481 e. The van der Waals surface area contributed by atoms with Gasteiger partial charge in [0, 0.05) is 5.57 Å². The van der Waals surface area contributed by atoms with Crippen LogP contribution in [-0.2, 0) is 9.59 Å². The molecule has 0 aromatic carbocycles. The first-order valence-corrected chi connectivity index (χ1v) is 3.19. The molecule has 4 nitrogen and oxygen atoms in total. The summed E-state index contributed by atoms with van der Waals surface area (Å²) in [6.45, 7) is 8.07. The number of carbonyl (C=O) groups is 2. The minimum atomic E-state index is -0.829. The number of carbonyl (C=O) groups excluding carboxylic acids is 1. The lowest BCUT2D eigenvalue weighted by Crippen LogP contribution is -2.10. The van der Waals surface area contributed by atoms with Crippen molar-refractivity contribution in [3.8, 4) is 0 Å². The Morgan fingerprint density at radius 3 is 1.92 bits per heavy atom. The van der Waals surface area contributed by atoms with E-state index in [0.717, 1.165) is 0 Å². The van der Waals surface area contributed by atoms with Crippen LogP contribution in [0.2, 0.25) is 0 Å². The smallest absolute Gasteiger partial charge is 0.307 e. The lowest BCUT2D eigenvalue weighted by atomic mass is 10.3. The van der Waals surface area contributed by atoms with Crippen molar-refractivity contribution in [1.82, 2.24) is 0 Å². The summed E-state index contributed by atoms with van der Waals surface area (Å²) in [5, 5.41) is 7.84. The van der Waals surface area contributed by atoms with E-state index in [4.69, 9.17) is 10.8 Å². The van der Waals surface area contributed by atoms with Crippen LogP contribution < -0.4 is 5.73 Å². The molecule has 0 saturated carbocycles. The highest BCUT2D eigenvalue weighted by Crippen LogP contribution is 1.78. The average molecular weight is 171 g/mol. The molecule has 0 aromatic rings. The molecule has 0 saturated heterocycles. The second-order valence-electron chi connectivity index (χ2n) is 2.03. The highest BCUT2D eigenvalue weighted by molar-refractivity contribution is 5.90. The van der Waals surface area contributed by atoms with E-state index in [-0.39, 0.29) is 6.42 Å². The SMILES string of the molecule is C=C(C)C(N)=O.C=CCC(=O)O. The Morgan fingerprint density at radius 1 is 1.58 bits per heavy atom. The standard InChI is InChI=1S/C4H7NO.C4H6O2/c1-3(2)4(5)6;1-2-3-4(5)6/h1H2,2H3,(H2,5,6);2H,1,3H2,(H,5,6). The third-order valence-corrected chi connectivity index (χ3v) is 0.740. The number of primary amides is 1. The summed E-state index contributed by atoms with van der Waals surface area (Å²) in [7, 11) is 0. The van der Waals surface area contributed by atoms with Crippen LogP contribution in [0.3, 0.4) is 0 Å². The van der Waals surface area contributed by atoms with Crippen molar-refractivity contribution in [2.45, 2.75) is 13.3 Å². The van der Waals surface area contributed by atoms with Crippen molar-refractivity contribution < 1.29 is 14.7 Å². The summed E-state index contributed by atoms with van der Waals surface area (Å²) in [6, 6.07) is 0. The number of nitrogens with two attached hydrogens (primary N) is 1. The van der Waals surface area contributed by atoms with E-state index in [1.54, 1.807) is 6.92 Å². The fraction of sp³-hybridized carbons (Fsp3) is 0.250. The molecule has 0 aliphatic carbocycles. The maximum Gasteiger partial charge on any atom is 0.307 e. The van der Waals surface area contributed by atoms with Crippen molar-refractivity contribution in [2.75, 3.05) is 0 Å². The van der Waals surface area contributed by atoms with Gasteiger partial charge in [-0.1, -0.05) is 12.7 Å². The Morgan fingerprint density at radius 2 is 1.92 bits per heavy atom. The van der Waals surface area contributed by atoms with E-state index in [9.17, 15) is 9.59 Å². The van der Waals surface area contributed by atoms with E-state index in [1.165, 1.54) is 6.08 Å². The monoisotopic (exact) mass is 171 g/mol. The summed E-state index contributed by atoms with van der Waals surface area (Å²) in [6.07, 6.45) is 1.41. The lowest BCUT2D eigenvalue weighted by Gasteiger charge is -1.81. The molecule has 0 aliphatic heterocycles. The summed E-state index contributed by atoms with van der Waals surface area (Å²) < 4.78 is 0. The topological polar surface area (TPSA) is 80.4 Å². The van der Waals surface area contributed by atoms with Crippen LogP contribution in [0.15, 0.2) is 24.8 Å². The Hall–Kier alpha value is -1.58. The molecule has 0 rings (SSSR count).